The maximum Gasteiger partial charge on any atom is 0.272 e. The topological polar surface area (TPSA) is 3.24 Å². The van der Waals surface area contributed by atoms with Gasteiger partial charge in [-0.05, 0) is 36.4 Å². The van der Waals surface area contributed by atoms with Crippen LogP contribution in [0.3, 0.4) is 0 Å². The second kappa shape index (κ2) is 8.30. The van der Waals surface area contributed by atoms with Crippen LogP contribution in [-0.4, -0.2) is 6.71 Å². The number of fused-ring (bicyclic) bond motifs is 9. The molecule has 0 amide bonds. The zero-order valence-electron chi connectivity index (χ0n) is 20.8. The smallest absolute Gasteiger partial charge is 0.272 e. The molecular weight excluding hydrogens is 529 g/mol. The fourth-order valence-electron chi connectivity index (χ4n) is 6.24. The lowest BCUT2D eigenvalue weighted by atomic mass is 9.41. The van der Waals surface area contributed by atoms with Crippen LogP contribution in [0.4, 0.5) is 17.1 Å². The van der Waals surface area contributed by atoms with E-state index in [0.29, 0.717) is 0 Å². The van der Waals surface area contributed by atoms with E-state index in [4.69, 9.17) is 0 Å². The maximum atomic E-state index is 2.58. The Morgan fingerprint density at radius 2 is 0.949 bits per heavy atom. The molecule has 5 aromatic carbocycles. The van der Waals surface area contributed by atoms with E-state index in [2.05, 4.69) is 126 Å². The second-order valence-electron chi connectivity index (χ2n) is 10.1. The molecule has 5 heteroatoms. The predicted octanol–water partition coefficient (Wildman–Crippen LogP) is 8.78. The summed E-state index contributed by atoms with van der Waals surface area (Å²) in [6.45, 7) is 0.216. The number of thiophene rings is 3. The maximum absolute atomic E-state index is 2.58. The SMILES string of the molecule is c1ccc(B2c3sc4ccccc4c3N(c3ccc4sc5ccccc5c4c3)c3c2sc2ccccc32)cc1. The van der Waals surface area contributed by atoms with Gasteiger partial charge in [0.05, 0.1) is 11.4 Å². The molecule has 1 nitrogen and oxygen atoms in total. The summed E-state index contributed by atoms with van der Waals surface area (Å²) in [7, 11) is 0. The van der Waals surface area contributed by atoms with Gasteiger partial charge >= 0.3 is 0 Å². The number of hydrogen-bond donors (Lipinski definition) is 0. The third-order valence-corrected chi connectivity index (χ3v) is 11.5. The summed E-state index contributed by atoms with van der Waals surface area (Å²) < 4.78 is 8.22. The lowest BCUT2D eigenvalue weighted by Gasteiger charge is -2.33. The summed E-state index contributed by atoms with van der Waals surface area (Å²) in [5.41, 5.74) is 5.25. The van der Waals surface area contributed by atoms with Crippen LogP contribution in [0.5, 0.6) is 0 Å². The van der Waals surface area contributed by atoms with Gasteiger partial charge in [0, 0.05) is 55.6 Å². The van der Waals surface area contributed by atoms with Gasteiger partial charge in [0.25, 0.3) is 6.71 Å². The van der Waals surface area contributed by atoms with Crippen molar-refractivity contribution in [2.24, 2.45) is 0 Å². The lowest BCUT2D eigenvalue weighted by molar-refractivity contribution is 1.35. The number of anilines is 3. The molecule has 0 saturated carbocycles. The highest BCUT2D eigenvalue weighted by molar-refractivity contribution is 7.40. The molecule has 0 spiro atoms. The van der Waals surface area contributed by atoms with Crippen molar-refractivity contribution >= 4 is 113 Å². The van der Waals surface area contributed by atoms with E-state index in [1.807, 2.05) is 34.0 Å². The highest BCUT2D eigenvalue weighted by atomic mass is 32.1. The number of benzene rings is 5. The van der Waals surface area contributed by atoms with E-state index in [1.165, 1.54) is 72.4 Å². The highest BCUT2D eigenvalue weighted by Gasteiger charge is 2.40. The Balaban J connectivity index is 1.42. The first-order valence-corrected chi connectivity index (χ1v) is 15.6. The van der Waals surface area contributed by atoms with Gasteiger partial charge in [-0.1, -0.05) is 90.4 Å². The average molecular weight is 550 g/mol. The molecule has 182 valence electrons. The first-order valence-electron chi connectivity index (χ1n) is 13.1. The van der Waals surface area contributed by atoms with E-state index >= 15 is 0 Å². The second-order valence-corrected chi connectivity index (χ2v) is 13.3. The van der Waals surface area contributed by atoms with Gasteiger partial charge in [-0.2, -0.15) is 0 Å². The summed E-state index contributed by atoms with van der Waals surface area (Å²) >= 11 is 5.78. The molecule has 3 aromatic heterocycles. The van der Waals surface area contributed by atoms with Crippen molar-refractivity contribution in [2.75, 3.05) is 4.90 Å². The normalized spacial score (nSPS) is 13.0. The zero-order chi connectivity index (χ0) is 25.5. The molecule has 0 N–H and O–H groups in total. The van der Waals surface area contributed by atoms with E-state index in [9.17, 15) is 0 Å². The lowest BCUT2D eigenvalue weighted by Crippen LogP contribution is -2.54. The molecule has 0 radical (unpaired) electrons. The van der Waals surface area contributed by atoms with Gasteiger partial charge in [-0.3, -0.25) is 0 Å². The fourth-order valence-corrected chi connectivity index (χ4v) is 10.1. The molecule has 4 heterocycles. The van der Waals surface area contributed by atoms with Crippen LogP contribution in [0.15, 0.2) is 121 Å². The summed E-state index contributed by atoms with van der Waals surface area (Å²) in [6, 6.07) is 44.8. The first-order chi connectivity index (χ1) is 19.3. The van der Waals surface area contributed by atoms with Crippen molar-refractivity contribution < 1.29 is 0 Å². The van der Waals surface area contributed by atoms with E-state index in [0.717, 1.165) is 0 Å². The Bertz CT molecular complexity index is 2120. The molecule has 1 aliphatic heterocycles. The summed E-state index contributed by atoms with van der Waals surface area (Å²) in [5, 5.41) is 5.33. The molecular formula is C34H20BNS3. The summed E-state index contributed by atoms with van der Waals surface area (Å²) in [6.07, 6.45) is 0. The van der Waals surface area contributed by atoms with Gasteiger partial charge in [0.1, 0.15) is 0 Å². The minimum atomic E-state index is 0.216. The van der Waals surface area contributed by atoms with Crippen LogP contribution in [0.25, 0.3) is 40.3 Å². The molecule has 8 aromatic rings. The third kappa shape index (κ3) is 3.12. The van der Waals surface area contributed by atoms with Crippen molar-refractivity contribution in [3.8, 4) is 0 Å². The zero-order valence-corrected chi connectivity index (χ0v) is 23.2. The van der Waals surface area contributed by atoms with Crippen molar-refractivity contribution in [1.82, 2.24) is 0 Å². The number of rotatable bonds is 2. The van der Waals surface area contributed by atoms with Crippen LogP contribution in [0, 0.1) is 0 Å². The van der Waals surface area contributed by atoms with Gasteiger partial charge in [0.2, 0.25) is 0 Å². The summed E-state index contributed by atoms with van der Waals surface area (Å²) in [4.78, 5) is 2.58. The largest absolute Gasteiger partial charge is 0.309 e. The molecule has 0 saturated heterocycles. The van der Waals surface area contributed by atoms with Crippen molar-refractivity contribution in [1.29, 1.82) is 0 Å². The van der Waals surface area contributed by atoms with E-state index in [1.54, 1.807) is 0 Å². The molecule has 39 heavy (non-hydrogen) atoms. The Kier molecular flexibility index (Phi) is 4.68. The quantitative estimate of drug-likeness (QED) is 0.195. The Morgan fingerprint density at radius 3 is 1.59 bits per heavy atom. The Labute approximate surface area is 238 Å². The molecule has 9 rings (SSSR count). The number of nitrogens with zero attached hydrogens (tertiary/aromatic N) is 1. The van der Waals surface area contributed by atoms with Gasteiger partial charge in [0.15, 0.2) is 0 Å². The Morgan fingerprint density at radius 1 is 0.436 bits per heavy atom. The molecule has 0 bridgehead atoms. The molecule has 0 fully saturated rings. The van der Waals surface area contributed by atoms with E-state index < -0.39 is 0 Å². The van der Waals surface area contributed by atoms with E-state index in [-0.39, 0.29) is 6.71 Å². The first kappa shape index (κ1) is 22.0. The van der Waals surface area contributed by atoms with Crippen molar-refractivity contribution in [3.63, 3.8) is 0 Å². The molecule has 0 unspecified atom stereocenters. The summed E-state index contributed by atoms with van der Waals surface area (Å²) in [5.74, 6) is 0. The highest BCUT2D eigenvalue weighted by Crippen LogP contribution is 2.48. The monoisotopic (exact) mass is 549 g/mol. The van der Waals surface area contributed by atoms with Crippen LogP contribution < -0.4 is 19.9 Å². The minimum absolute atomic E-state index is 0.216. The van der Waals surface area contributed by atoms with Crippen LogP contribution in [0.1, 0.15) is 0 Å². The van der Waals surface area contributed by atoms with Crippen LogP contribution >= 0.6 is 34.0 Å². The Hall–Kier alpha value is -3.90. The van der Waals surface area contributed by atoms with Crippen molar-refractivity contribution in [2.45, 2.75) is 0 Å². The van der Waals surface area contributed by atoms with Crippen LogP contribution in [0.2, 0.25) is 0 Å². The average Bonchev–Trinajstić information content (AvgIpc) is 3.67. The minimum Gasteiger partial charge on any atom is -0.309 e. The van der Waals surface area contributed by atoms with Crippen molar-refractivity contribution in [3.05, 3.63) is 121 Å². The van der Waals surface area contributed by atoms with Crippen LogP contribution in [-0.2, 0) is 0 Å². The third-order valence-electron chi connectivity index (χ3n) is 7.91. The fraction of sp³-hybridized carbons (Fsp3) is 0. The molecule has 0 aliphatic carbocycles. The standard InChI is InChI=1S/C34H20BNS3/c1-2-10-21(11-3-1)35-33-31(24-13-5-8-16-28(24)38-33)36(32-25-14-6-9-17-29(25)39-34(32)35)22-18-19-30-26(20-22)23-12-4-7-15-27(23)37-30/h1-20H. The molecule has 0 atom stereocenters. The number of hydrogen-bond acceptors (Lipinski definition) is 4. The van der Waals surface area contributed by atoms with Gasteiger partial charge < -0.3 is 4.90 Å². The van der Waals surface area contributed by atoms with Gasteiger partial charge in [-0.25, -0.2) is 0 Å². The molecule has 1 aliphatic rings. The predicted molar refractivity (Wildman–Crippen MR) is 176 cm³/mol. The van der Waals surface area contributed by atoms with Gasteiger partial charge in [-0.15, -0.1) is 34.0 Å².